The molecule has 0 saturated heterocycles. The Kier molecular flexibility index (Phi) is 5.19. The predicted octanol–water partition coefficient (Wildman–Crippen LogP) is 4.15. The van der Waals surface area contributed by atoms with Crippen LogP contribution in [0.3, 0.4) is 0 Å². The van der Waals surface area contributed by atoms with Crippen molar-refractivity contribution in [2.45, 2.75) is 24.2 Å². The molecule has 0 radical (unpaired) electrons. The van der Waals surface area contributed by atoms with Gasteiger partial charge in [0, 0.05) is 6.61 Å². The van der Waals surface area contributed by atoms with Gasteiger partial charge in [0.15, 0.2) is 6.10 Å². The van der Waals surface area contributed by atoms with Crippen LogP contribution in [0.5, 0.6) is 5.75 Å². The molecule has 1 aromatic carbocycles. The number of hydrogen-bond donors (Lipinski definition) is 0. The van der Waals surface area contributed by atoms with E-state index >= 15 is 0 Å². The molecule has 1 aromatic rings. The van der Waals surface area contributed by atoms with Gasteiger partial charge in [-0.25, -0.2) is 0 Å². The van der Waals surface area contributed by atoms with Crippen LogP contribution in [-0.2, 0) is 10.9 Å². The summed E-state index contributed by atoms with van der Waals surface area (Å²) >= 11 is 5.99. The highest BCUT2D eigenvalue weighted by Crippen LogP contribution is 2.38. The monoisotopic (exact) mass is 363 g/mol. The zero-order valence-electron chi connectivity index (χ0n) is 12.4. The zero-order chi connectivity index (χ0) is 18.0. The van der Waals surface area contributed by atoms with E-state index in [1.54, 1.807) is 6.92 Å². The molecule has 2 unspecified atom stereocenters. The van der Waals surface area contributed by atoms with Crippen LogP contribution in [-0.4, -0.2) is 22.6 Å². The van der Waals surface area contributed by atoms with Gasteiger partial charge < -0.3 is 9.47 Å². The van der Waals surface area contributed by atoms with E-state index < -0.39 is 33.5 Å². The van der Waals surface area contributed by atoms with Gasteiger partial charge in [0.05, 0.1) is 16.6 Å². The van der Waals surface area contributed by atoms with Gasteiger partial charge in [0.25, 0.3) is 0 Å². The maximum Gasteiger partial charge on any atom is 0.419 e. The SMILES string of the molecule is CCOC1C=CC(Oc2ccccc2C(F)(F)F)=CC1(Cl)[N+](=O)[O-]. The van der Waals surface area contributed by atoms with E-state index in [1.165, 1.54) is 24.3 Å². The average Bonchev–Trinajstić information content (AvgIpc) is 2.49. The molecule has 5 nitrogen and oxygen atoms in total. The molecular weight excluding hydrogens is 351 g/mol. The maximum absolute atomic E-state index is 13.0. The van der Waals surface area contributed by atoms with Crippen molar-refractivity contribution in [1.29, 1.82) is 0 Å². The third-order valence-corrected chi connectivity index (χ3v) is 3.69. The summed E-state index contributed by atoms with van der Waals surface area (Å²) in [4.78, 5) is 8.33. The molecule has 24 heavy (non-hydrogen) atoms. The first-order chi connectivity index (χ1) is 11.2. The standard InChI is InChI=1S/C15H13ClF3NO4/c1-2-23-13-8-7-10(9-14(13,16)20(21)22)24-12-6-4-3-5-11(12)15(17,18)19/h3-9,13H,2H2,1H3. The Balaban J connectivity index is 2.35. The highest BCUT2D eigenvalue weighted by molar-refractivity contribution is 6.24. The van der Waals surface area contributed by atoms with Gasteiger partial charge in [-0.05, 0) is 42.8 Å². The summed E-state index contributed by atoms with van der Waals surface area (Å²) in [5, 5.41) is 11.3. The van der Waals surface area contributed by atoms with Crippen LogP contribution in [0.25, 0.3) is 0 Å². The number of rotatable bonds is 5. The molecule has 0 spiro atoms. The van der Waals surface area contributed by atoms with Crippen LogP contribution in [0.1, 0.15) is 12.5 Å². The molecule has 0 fully saturated rings. The molecule has 0 aromatic heterocycles. The number of halogens is 4. The summed E-state index contributed by atoms with van der Waals surface area (Å²) in [6.45, 7) is 1.82. The molecule has 130 valence electrons. The lowest BCUT2D eigenvalue weighted by Crippen LogP contribution is -2.45. The van der Waals surface area contributed by atoms with Crippen molar-refractivity contribution >= 4 is 11.6 Å². The van der Waals surface area contributed by atoms with E-state index in [4.69, 9.17) is 21.1 Å². The molecule has 0 bridgehead atoms. The number of alkyl halides is 4. The minimum Gasteiger partial charge on any atom is -0.457 e. The Morgan fingerprint density at radius 3 is 2.62 bits per heavy atom. The number of nitro groups is 1. The quantitative estimate of drug-likeness (QED) is 0.341. The number of nitrogens with zero attached hydrogens (tertiary/aromatic N) is 1. The van der Waals surface area contributed by atoms with Crippen LogP contribution >= 0.6 is 11.6 Å². The van der Waals surface area contributed by atoms with Gasteiger partial charge in [-0.1, -0.05) is 12.1 Å². The Hall–Kier alpha value is -2.06. The summed E-state index contributed by atoms with van der Waals surface area (Å²) in [5.41, 5.74) is -0.993. The molecule has 1 aliphatic carbocycles. The summed E-state index contributed by atoms with van der Waals surface area (Å²) in [6.07, 6.45) is -2.18. The Morgan fingerprint density at radius 1 is 1.38 bits per heavy atom. The largest absolute Gasteiger partial charge is 0.457 e. The number of allylic oxidation sites excluding steroid dienone is 1. The van der Waals surface area contributed by atoms with Crippen molar-refractivity contribution in [2.24, 2.45) is 0 Å². The lowest BCUT2D eigenvalue weighted by molar-refractivity contribution is -0.538. The molecule has 2 atom stereocenters. The zero-order valence-corrected chi connectivity index (χ0v) is 13.2. The van der Waals surface area contributed by atoms with Gasteiger partial charge >= 0.3 is 11.2 Å². The number of hydrogen-bond acceptors (Lipinski definition) is 4. The summed E-state index contributed by atoms with van der Waals surface area (Å²) in [5.74, 6) is -0.646. The van der Waals surface area contributed by atoms with Crippen molar-refractivity contribution in [1.82, 2.24) is 0 Å². The molecule has 0 amide bonds. The second kappa shape index (κ2) is 6.82. The Labute approximate surface area is 140 Å². The first-order valence-corrected chi connectivity index (χ1v) is 7.26. The fraction of sp³-hybridized carbons (Fsp3) is 0.333. The number of ether oxygens (including phenoxy) is 2. The van der Waals surface area contributed by atoms with Crippen LogP contribution in [0, 0.1) is 10.1 Å². The van der Waals surface area contributed by atoms with Gasteiger partial charge in [-0.15, -0.1) is 0 Å². The predicted molar refractivity (Wildman–Crippen MR) is 80.3 cm³/mol. The molecule has 9 heteroatoms. The molecule has 0 N–H and O–H groups in total. The van der Waals surface area contributed by atoms with E-state index in [1.807, 2.05) is 0 Å². The van der Waals surface area contributed by atoms with Crippen LogP contribution in [0.4, 0.5) is 13.2 Å². The lowest BCUT2D eigenvalue weighted by atomic mass is 10.0. The molecule has 0 aliphatic heterocycles. The first-order valence-electron chi connectivity index (χ1n) is 6.88. The topological polar surface area (TPSA) is 61.6 Å². The van der Waals surface area contributed by atoms with Gasteiger partial charge in [-0.2, -0.15) is 13.2 Å². The minimum atomic E-state index is -4.62. The fourth-order valence-corrected chi connectivity index (χ4v) is 2.38. The highest BCUT2D eigenvalue weighted by Gasteiger charge is 2.49. The van der Waals surface area contributed by atoms with Crippen molar-refractivity contribution in [3.05, 3.63) is 63.9 Å². The van der Waals surface area contributed by atoms with E-state index in [0.29, 0.717) is 0 Å². The number of para-hydroxylation sites is 1. The third kappa shape index (κ3) is 3.70. The highest BCUT2D eigenvalue weighted by atomic mass is 35.5. The second-order valence-corrected chi connectivity index (χ2v) is 5.47. The number of benzene rings is 1. The summed E-state index contributed by atoms with van der Waals surface area (Å²) < 4.78 is 49.3. The van der Waals surface area contributed by atoms with Crippen molar-refractivity contribution < 1.29 is 27.6 Å². The fourth-order valence-electron chi connectivity index (χ4n) is 2.14. The lowest BCUT2D eigenvalue weighted by Gasteiger charge is -2.26. The van der Waals surface area contributed by atoms with E-state index in [0.717, 1.165) is 18.2 Å². The first kappa shape index (κ1) is 18.3. The van der Waals surface area contributed by atoms with E-state index in [-0.39, 0.29) is 12.4 Å². The smallest absolute Gasteiger partial charge is 0.419 e. The molecule has 2 rings (SSSR count). The van der Waals surface area contributed by atoms with Gasteiger partial charge in [0.2, 0.25) is 0 Å². The van der Waals surface area contributed by atoms with E-state index in [2.05, 4.69) is 0 Å². The second-order valence-electron chi connectivity index (χ2n) is 4.86. The molecular formula is C15H13ClF3NO4. The minimum absolute atomic E-state index is 0.172. The van der Waals surface area contributed by atoms with Crippen molar-refractivity contribution in [2.75, 3.05) is 6.61 Å². The maximum atomic E-state index is 13.0. The molecule has 0 saturated carbocycles. The summed E-state index contributed by atoms with van der Waals surface area (Å²) in [7, 11) is 0. The van der Waals surface area contributed by atoms with Crippen molar-refractivity contribution in [3.63, 3.8) is 0 Å². The van der Waals surface area contributed by atoms with Crippen LogP contribution in [0.2, 0.25) is 0 Å². The van der Waals surface area contributed by atoms with Crippen LogP contribution in [0.15, 0.2) is 48.3 Å². The third-order valence-electron chi connectivity index (χ3n) is 3.23. The van der Waals surface area contributed by atoms with E-state index in [9.17, 15) is 23.3 Å². The Morgan fingerprint density at radius 2 is 2.04 bits per heavy atom. The summed E-state index contributed by atoms with van der Waals surface area (Å²) in [6, 6.07) is 4.55. The molecule has 1 aliphatic rings. The van der Waals surface area contributed by atoms with Gasteiger partial charge in [0.1, 0.15) is 11.5 Å². The normalized spacial score (nSPS) is 23.7. The Bertz CT molecular complexity index is 690. The van der Waals surface area contributed by atoms with Crippen LogP contribution < -0.4 is 4.74 Å². The van der Waals surface area contributed by atoms with Crippen molar-refractivity contribution in [3.8, 4) is 5.75 Å². The van der Waals surface area contributed by atoms with Gasteiger partial charge in [-0.3, -0.25) is 10.1 Å². The molecule has 0 heterocycles. The average molecular weight is 364 g/mol.